The summed E-state index contributed by atoms with van der Waals surface area (Å²) in [6, 6.07) is 24.5. The Balaban J connectivity index is 1.25. The fraction of sp³-hybridized carbons (Fsp3) is 0. The van der Waals surface area contributed by atoms with E-state index in [-0.39, 0.29) is 67.9 Å². The summed E-state index contributed by atoms with van der Waals surface area (Å²) in [6.07, 6.45) is 3.40. The molecule has 0 saturated carbocycles. The molecule has 0 aliphatic rings. The standard InChI is InChI=1S/C34H24N10O4S2/c45-29(19-7-3-1-4-8-19)35-21(25-37-23-27(39-25)41-33(49)43-31(23)47)15-17-11-13-18(14-12-17)16-22(36-30(46)20-9-5-2-6-10-20)26-38-24-28(40-26)42-34(50)44-32(24)48/h1-16H,(H,35,45)(H,36,46)(H3,37,39,41,43,47,49)(H3,38,40,42,44,48,50). The molecule has 0 atom stereocenters. The van der Waals surface area contributed by atoms with Crippen LogP contribution in [0.5, 0.6) is 11.8 Å². The van der Waals surface area contributed by atoms with E-state index in [1.807, 2.05) is 12.1 Å². The second-order valence-electron chi connectivity index (χ2n) is 10.7. The number of thiol groups is 2. The van der Waals surface area contributed by atoms with Gasteiger partial charge in [0.15, 0.2) is 44.3 Å². The number of hydrogen-bond acceptors (Lipinski definition) is 12. The van der Waals surface area contributed by atoms with Gasteiger partial charge < -0.3 is 30.8 Å². The number of amides is 2. The largest absolute Gasteiger partial charge is 0.492 e. The molecule has 4 aromatic heterocycles. The minimum atomic E-state index is -0.382. The highest BCUT2D eigenvalue weighted by atomic mass is 32.1. The van der Waals surface area contributed by atoms with E-state index in [1.165, 1.54) is 0 Å². The number of nitrogens with zero attached hydrogens (tertiary/aromatic N) is 6. The minimum absolute atomic E-state index is 0.0471. The predicted octanol–water partition coefficient (Wildman–Crippen LogP) is 4.86. The summed E-state index contributed by atoms with van der Waals surface area (Å²) in [7, 11) is 0. The molecule has 16 heteroatoms. The average molecular weight is 701 g/mol. The highest BCUT2D eigenvalue weighted by molar-refractivity contribution is 7.80. The predicted molar refractivity (Wildman–Crippen MR) is 191 cm³/mol. The van der Waals surface area contributed by atoms with Gasteiger partial charge in [-0.2, -0.15) is 9.97 Å². The number of aromatic hydroxyl groups is 2. The van der Waals surface area contributed by atoms with Gasteiger partial charge in [-0.05, 0) is 47.5 Å². The normalized spacial score (nSPS) is 12.0. The Hall–Kier alpha value is -6.52. The van der Waals surface area contributed by atoms with Crippen molar-refractivity contribution in [1.82, 2.24) is 50.5 Å². The number of imidazole rings is 2. The maximum atomic E-state index is 13.2. The van der Waals surface area contributed by atoms with Gasteiger partial charge in [0.05, 0.1) is 11.4 Å². The number of hydrogen-bond donors (Lipinski definition) is 8. The minimum Gasteiger partial charge on any atom is -0.492 e. The van der Waals surface area contributed by atoms with E-state index in [0.717, 1.165) is 0 Å². The van der Waals surface area contributed by atoms with Crippen molar-refractivity contribution in [3.8, 4) is 11.8 Å². The molecular formula is C34H24N10O4S2. The molecule has 0 aliphatic carbocycles. The zero-order valence-corrected chi connectivity index (χ0v) is 27.3. The topological polar surface area (TPSA) is 208 Å². The Morgan fingerprint density at radius 1 is 0.560 bits per heavy atom. The van der Waals surface area contributed by atoms with E-state index < -0.39 is 0 Å². The highest BCUT2D eigenvalue weighted by Gasteiger charge is 2.19. The number of rotatable bonds is 8. The van der Waals surface area contributed by atoms with Gasteiger partial charge >= 0.3 is 0 Å². The zero-order valence-electron chi connectivity index (χ0n) is 25.5. The van der Waals surface area contributed by atoms with Crippen LogP contribution in [0.25, 0.3) is 45.9 Å². The van der Waals surface area contributed by atoms with Crippen LogP contribution in [-0.2, 0) is 0 Å². The third-order valence-electron chi connectivity index (χ3n) is 7.27. The van der Waals surface area contributed by atoms with Crippen molar-refractivity contribution < 1.29 is 19.8 Å². The number of fused-ring (bicyclic) bond motifs is 2. The molecular weight excluding hydrogens is 677 g/mol. The summed E-state index contributed by atoms with van der Waals surface area (Å²) in [5.41, 5.74) is 3.49. The Bertz CT molecular complexity index is 2290. The Kier molecular flexibility index (Phi) is 8.68. The molecule has 0 aliphatic heterocycles. The molecule has 6 N–H and O–H groups in total. The fourth-order valence-corrected chi connectivity index (χ4v) is 5.31. The lowest BCUT2D eigenvalue weighted by Gasteiger charge is -2.09. The molecule has 0 saturated heterocycles. The van der Waals surface area contributed by atoms with Crippen LogP contribution in [0.2, 0.25) is 0 Å². The number of carbonyl (C=O) groups is 2. The van der Waals surface area contributed by atoms with Gasteiger partial charge in [-0.25, -0.2) is 19.9 Å². The monoisotopic (exact) mass is 700 g/mol. The third kappa shape index (κ3) is 6.87. The van der Waals surface area contributed by atoms with Crippen molar-refractivity contribution in [2.24, 2.45) is 0 Å². The van der Waals surface area contributed by atoms with E-state index in [4.69, 9.17) is 0 Å². The van der Waals surface area contributed by atoms with Crippen molar-refractivity contribution in [3.63, 3.8) is 0 Å². The Morgan fingerprint density at radius 2 is 0.940 bits per heavy atom. The molecule has 2 amide bonds. The number of carbonyl (C=O) groups excluding carboxylic acids is 2. The van der Waals surface area contributed by atoms with Crippen molar-refractivity contribution in [2.45, 2.75) is 10.3 Å². The number of benzene rings is 3. The van der Waals surface area contributed by atoms with Crippen LogP contribution < -0.4 is 10.6 Å². The first-order valence-corrected chi connectivity index (χ1v) is 15.7. The smallest absolute Gasteiger partial charge is 0.255 e. The SMILES string of the molecule is O=C(NC(=Cc1ccc(C=C(NC(=O)c2ccccc2)c2nc3c(O)nc(S)nc3[nH]2)cc1)c1nc2c(O)nc(S)nc2[nH]1)c1ccccc1. The van der Waals surface area contributed by atoms with E-state index in [9.17, 15) is 19.8 Å². The van der Waals surface area contributed by atoms with Crippen LogP contribution >= 0.6 is 25.3 Å². The quantitative estimate of drug-likeness (QED) is 0.0798. The van der Waals surface area contributed by atoms with Crippen LogP contribution in [0.15, 0.2) is 95.2 Å². The van der Waals surface area contributed by atoms with Gasteiger partial charge in [-0.1, -0.05) is 60.7 Å². The van der Waals surface area contributed by atoms with Crippen molar-refractivity contribution in [2.75, 3.05) is 0 Å². The maximum absolute atomic E-state index is 13.2. The van der Waals surface area contributed by atoms with Crippen molar-refractivity contribution in [1.29, 1.82) is 0 Å². The van der Waals surface area contributed by atoms with E-state index in [1.54, 1.807) is 84.9 Å². The summed E-state index contributed by atoms with van der Waals surface area (Å²) < 4.78 is 0. The molecule has 0 unspecified atom stereocenters. The van der Waals surface area contributed by atoms with Crippen molar-refractivity contribution >= 4 is 82.9 Å². The van der Waals surface area contributed by atoms with Crippen molar-refractivity contribution in [3.05, 3.63) is 119 Å². The van der Waals surface area contributed by atoms with E-state index in [2.05, 4.69) is 75.8 Å². The number of H-pyrrole nitrogens is 2. The zero-order chi connectivity index (χ0) is 34.8. The molecule has 3 aromatic carbocycles. The molecule has 4 heterocycles. The van der Waals surface area contributed by atoms with Gasteiger partial charge in [-0.3, -0.25) is 9.59 Å². The molecule has 7 rings (SSSR count). The lowest BCUT2D eigenvalue weighted by atomic mass is 10.1. The Morgan fingerprint density at radius 3 is 1.32 bits per heavy atom. The summed E-state index contributed by atoms with van der Waals surface area (Å²) in [4.78, 5) is 57.3. The molecule has 7 aromatic rings. The van der Waals surface area contributed by atoms with Crippen LogP contribution in [0.3, 0.4) is 0 Å². The first-order chi connectivity index (χ1) is 24.2. The molecule has 0 radical (unpaired) electrons. The molecule has 14 nitrogen and oxygen atoms in total. The van der Waals surface area contributed by atoms with Gasteiger partial charge in [0, 0.05) is 11.1 Å². The van der Waals surface area contributed by atoms with Crippen LogP contribution in [0.4, 0.5) is 0 Å². The van der Waals surface area contributed by atoms with Gasteiger partial charge in [0.2, 0.25) is 11.8 Å². The molecule has 246 valence electrons. The van der Waals surface area contributed by atoms with E-state index >= 15 is 0 Å². The van der Waals surface area contributed by atoms with Gasteiger partial charge in [0.1, 0.15) is 0 Å². The average Bonchev–Trinajstić information content (AvgIpc) is 3.74. The maximum Gasteiger partial charge on any atom is 0.255 e. The Labute approximate surface area is 293 Å². The molecule has 50 heavy (non-hydrogen) atoms. The van der Waals surface area contributed by atoms with Gasteiger partial charge in [0.25, 0.3) is 11.8 Å². The second-order valence-corrected chi connectivity index (χ2v) is 11.5. The molecule has 0 fully saturated rings. The van der Waals surface area contributed by atoms with Crippen LogP contribution in [0, 0.1) is 0 Å². The number of nitrogens with one attached hydrogen (secondary N) is 4. The lowest BCUT2D eigenvalue weighted by Crippen LogP contribution is -2.22. The van der Waals surface area contributed by atoms with Crippen LogP contribution in [-0.4, -0.2) is 61.9 Å². The lowest BCUT2D eigenvalue weighted by molar-refractivity contribution is 0.0965. The van der Waals surface area contributed by atoms with Gasteiger partial charge in [-0.15, -0.1) is 25.3 Å². The summed E-state index contributed by atoms with van der Waals surface area (Å²) in [6.45, 7) is 0. The first kappa shape index (κ1) is 32.0. The first-order valence-electron chi connectivity index (χ1n) is 14.8. The third-order valence-corrected chi connectivity index (χ3v) is 7.67. The highest BCUT2D eigenvalue weighted by Crippen LogP contribution is 2.26. The molecule has 0 bridgehead atoms. The van der Waals surface area contributed by atoms with Crippen LogP contribution in [0.1, 0.15) is 43.5 Å². The molecule has 0 spiro atoms. The number of aromatic amines is 2. The number of aromatic nitrogens is 8. The summed E-state index contributed by atoms with van der Waals surface area (Å²) in [5.74, 6) is -1.04. The summed E-state index contributed by atoms with van der Waals surface area (Å²) in [5, 5.41) is 26.5. The fourth-order valence-electron chi connectivity index (χ4n) is 4.92. The summed E-state index contributed by atoms with van der Waals surface area (Å²) >= 11 is 8.24. The second kappa shape index (κ2) is 13.5. The van der Waals surface area contributed by atoms with E-state index in [0.29, 0.717) is 33.6 Å².